The van der Waals surface area contributed by atoms with Gasteiger partial charge in [-0.05, 0) is 44.0 Å². The second-order valence-corrected chi connectivity index (χ2v) is 7.05. The zero-order valence-electron chi connectivity index (χ0n) is 11.9. The van der Waals surface area contributed by atoms with Gasteiger partial charge in [-0.2, -0.15) is 0 Å². The molecule has 1 amide bonds. The van der Waals surface area contributed by atoms with Gasteiger partial charge in [0.2, 0.25) is 0 Å². The van der Waals surface area contributed by atoms with Crippen molar-refractivity contribution in [2.75, 3.05) is 20.2 Å². The molecule has 0 aromatic heterocycles. The van der Waals surface area contributed by atoms with Crippen LogP contribution in [-0.2, 0) is 13.8 Å². The van der Waals surface area contributed by atoms with Gasteiger partial charge in [0, 0.05) is 24.3 Å². The normalized spacial score (nSPS) is 11.2. The second kappa shape index (κ2) is 6.45. The van der Waals surface area contributed by atoms with Gasteiger partial charge in [-0.3, -0.25) is 4.79 Å². The monoisotopic (exact) mass is 319 g/mol. The minimum absolute atomic E-state index is 0.0565. The van der Waals surface area contributed by atoms with Gasteiger partial charge in [0.15, 0.2) is 6.61 Å². The van der Waals surface area contributed by atoms with Crippen molar-refractivity contribution in [3.63, 3.8) is 0 Å². The summed E-state index contributed by atoms with van der Waals surface area (Å²) in [5, 5.41) is 0. The first-order valence-corrected chi connectivity index (χ1v) is 8.40. The zero-order valence-corrected chi connectivity index (χ0v) is 13.5. The third kappa shape index (κ3) is 4.11. The van der Waals surface area contributed by atoms with Gasteiger partial charge in [-0.15, -0.1) is 0 Å². The predicted octanol–water partition coefficient (Wildman–Crippen LogP) is 2.09. The third-order valence-corrected chi connectivity index (χ3v) is 4.45. The topological polar surface area (TPSA) is 63.7 Å². The molecule has 7 heteroatoms. The number of hydrogen-bond acceptors (Lipinski definition) is 4. The zero-order chi connectivity index (χ0) is 15.5. The summed E-state index contributed by atoms with van der Waals surface area (Å²) in [4.78, 5) is 13.3. The van der Waals surface area contributed by atoms with Gasteiger partial charge in [0.05, 0.1) is 4.90 Å². The molecular weight excluding hydrogens is 302 g/mol. The fourth-order valence-corrected chi connectivity index (χ4v) is 2.87. The quantitative estimate of drug-likeness (QED) is 0.780. The third-order valence-electron chi connectivity index (χ3n) is 2.99. The smallest absolute Gasteiger partial charge is 0.261 e. The lowest BCUT2D eigenvalue weighted by Gasteiger charge is -2.16. The molecule has 0 spiro atoms. The van der Waals surface area contributed by atoms with Crippen LogP contribution in [0.1, 0.15) is 18.1 Å². The minimum atomic E-state index is -3.78. The SMILES string of the molecule is CCN(C)C(=O)COc1cc(C)c(S(=O)(=O)Cl)cc1C. The number of amides is 1. The Morgan fingerprint density at radius 1 is 1.30 bits per heavy atom. The van der Waals surface area contributed by atoms with E-state index < -0.39 is 9.05 Å². The first kappa shape index (κ1) is 16.8. The maximum atomic E-state index is 11.7. The van der Waals surface area contributed by atoms with Crippen LogP contribution in [0.2, 0.25) is 0 Å². The Morgan fingerprint density at radius 3 is 2.40 bits per heavy atom. The lowest BCUT2D eigenvalue weighted by Crippen LogP contribution is -2.31. The summed E-state index contributed by atoms with van der Waals surface area (Å²) in [6, 6.07) is 3.02. The van der Waals surface area contributed by atoms with E-state index >= 15 is 0 Å². The molecule has 5 nitrogen and oxygen atoms in total. The van der Waals surface area contributed by atoms with Crippen LogP contribution in [0.5, 0.6) is 5.75 Å². The number of rotatable bonds is 5. The van der Waals surface area contributed by atoms with Gasteiger partial charge < -0.3 is 9.64 Å². The largest absolute Gasteiger partial charge is 0.483 e. The molecule has 20 heavy (non-hydrogen) atoms. The molecule has 0 fully saturated rings. The summed E-state index contributed by atoms with van der Waals surface area (Å²) in [7, 11) is 3.25. The predicted molar refractivity (Wildman–Crippen MR) is 77.8 cm³/mol. The highest BCUT2D eigenvalue weighted by Gasteiger charge is 2.17. The van der Waals surface area contributed by atoms with Gasteiger partial charge in [0.25, 0.3) is 15.0 Å². The number of hydrogen-bond donors (Lipinski definition) is 0. The van der Waals surface area contributed by atoms with E-state index in [1.807, 2.05) is 6.92 Å². The van der Waals surface area contributed by atoms with Crippen LogP contribution in [0.4, 0.5) is 0 Å². The van der Waals surface area contributed by atoms with Crippen molar-refractivity contribution in [3.8, 4) is 5.75 Å². The maximum absolute atomic E-state index is 11.7. The fraction of sp³-hybridized carbons (Fsp3) is 0.462. The molecule has 1 aromatic carbocycles. The van der Waals surface area contributed by atoms with E-state index in [-0.39, 0.29) is 17.4 Å². The average Bonchev–Trinajstić information content (AvgIpc) is 2.36. The lowest BCUT2D eigenvalue weighted by atomic mass is 10.1. The van der Waals surface area contributed by atoms with E-state index in [1.165, 1.54) is 6.07 Å². The molecule has 0 unspecified atom stereocenters. The van der Waals surface area contributed by atoms with Crippen molar-refractivity contribution in [2.24, 2.45) is 0 Å². The van der Waals surface area contributed by atoms with Gasteiger partial charge >= 0.3 is 0 Å². The van der Waals surface area contributed by atoms with Crippen LogP contribution < -0.4 is 4.74 Å². The maximum Gasteiger partial charge on any atom is 0.261 e. The molecule has 0 bridgehead atoms. The van der Waals surface area contributed by atoms with Crippen LogP contribution >= 0.6 is 10.7 Å². The molecule has 0 heterocycles. The molecule has 1 rings (SSSR count). The van der Waals surface area contributed by atoms with E-state index in [2.05, 4.69) is 0 Å². The highest BCUT2D eigenvalue weighted by molar-refractivity contribution is 8.13. The van der Waals surface area contributed by atoms with Crippen LogP contribution in [-0.4, -0.2) is 39.4 Å². The Labute approximate surface area is 123 Å². The van der Waals surface area contributed by atoms with Gasteiger partial charge in [-0.1, -0.05) is 0 Å². The number of carbonyl (C=O) groups is 1. The molecule has 0 N–H and O–H groups in total. The molecule has 0 aliphatic rings. The Bertz CT molecular complexity index is 613. The van der Waals surface area contributed by atoms with E-state index in [9.17, 15) is 13.2 Å². The molecular formula is C13H18ClNO4S. The summed E-state index contributed by atoms with van der Waals surface area (Å²) in [5.74, 6) is 0.336. The Kier molecular flexibility index (Phi) is 5.42. The number of nitrogens with zero attached hydrogens (tertiary/aromatic N) is 1. The highest BCUT2D eigenvalue weighted by atomic mass is 35.7. The van der Waals surface area contributed by atoms with Crippen LogP contribution in [0.25, 0.3) is 0 Å². The first-order valence-electron chi connectivity index (χ1n) is 6.09. The lowest BCUT2D eigenvalue weighted by molar-refractivity contribution is -0.131. The number of halogens is 1. The average molecular weight is 320 g/mol. The fourth-order valence-electron chi connectivity index (χ4n) is 1.61. The van der Waals surface area contributed by atoms with E-state index in [0.717, 1.165) is 0 Å². The number of ether oxygens (including phenoxy) is 1. The van der Waals surface area contributed by atoms with Crippen molar-refractivity contribution in [1.82, 2.24) is 4.90 Å². The van der Waals surface area contributed by atoms with Gasteiger partial charge in [-0.25, -0.2) is 8.42 Å². The summed E-state index contributed by atoms with van der Waals surface area (Å²) in [6.45, 7) is 5.71. The molecule has 0 saturated heterocycles. The van der Waals surface area contributed by atoms with Gasteiger partial charge in [0.1, 0.15) is 5.75 Å². The standard InChI is InChI=1S/C13H18ClNO4S/c1-5-15(4)13(16)8-19-11-6-10(3)12(7-9(11)2)20(14,17)18/h6-7H,5,8H2,1-4H3. The van der Waals surface area contributed by atoms with Crippen molar-refractivity contribution in [2.45, 2.75) is 25.7 Å². The minimum Gasteiger partial charge on any atom is -0.483 e. The molecule has 112 valence electrons. The molecule has 0 saturated carbocycles. The Balaban J connectivity index is 2.94. The first-order chi connectivity index (χ1) is 9.16. The van der Waals surface area contributed by atoms with Crippen LogP contribution in [0, 0.1) is 13.8 Å². The van der Waals surface area contributed by atoms with Crippen LogP contribution in [0.3, 0.4) is 0 Å². The second-order valence-electron chi connectivity index (χ2n) is 4.52. The number of aryl methyl sites for hydroxylation is 2. The van der Waals surface area contributed by atoms with E-state index in [1.54, 1.807) is 31.9 Å². The number of carbonyl (C=O) groups excluding carboxylic acids is 1. The van der Waals surface area contributed by atoms with Crippen molar-refractivity contribution in [3.05, 3.63) is 23.3 Å². The molecule has 0 atom stereocenters. The molecule has 0 radical (unpaired) electrons. The summed E-state index contributed by atoms with van der Waals surface area (Å²) in [6.07, 6.45) is 0. The van der Waals surface area contributed by atoms with E-state index in [4.69, 9.17) is 15.4 Å². The Hall–Kier alpha value is -1.27. The van der Waals surface area contributed by atoms with E-state index in [0.29, 0.717) is 23.4 Å². The molecule has 0 aliphatic carbocycles. The van der Waals surface area contributed by atoms with Crippen LogP contribution in [0.15, 0.2) is 17.0 Å². The highest BCUT2D eigenvalue weighted by Crippen LogP contribution is 2.27. The summed E-state index contributed by atoms with van der Waals surface area (Å²) in [5.41, 5.74) is 1.10. The molecule has 1 aromatic rings. The Morgan fingerprint density at radius 2 is 1.90 bits per heavy atom. The summed E-state index contributed by atoms with van der Waals surface area (Å²) < 4.78 is 28.2. The van der Waals surface area contributed by atoms with Crippen molar-refractivity contribution >= 4 is 25.6 Å². The van der Waals surface area contributed by atoms with Crippen molar-refractivity contribution < 1.29 is 17.9 Å². The van der Waals surface area contributed by atoms with Crippen molar-refractivity contribution in [1.29, 1.82) is 0 Å². The number of likely N-dealkylation sites (N-methyl/N-ethyl adjacent to an activating group) is 1. The molecule has 0 aliphatic heterocycles. The summed E-state index contributed by atoms with van der Waals surface area (Å²) >= 11 is 0. The number of benzene rings is 1.